The highest BCUT2D eigenvalue weighted by atomic mass is 16.5. The van der Waals surface area contributed by atoms with Crippen LogP contribution in [-0.2, 0) is 4.74 Å². The number of amides is 2. The van der Waals surface area contributed by atoms with Crippen molar-refractivity contribution >= 4 is 17.5 Å². The maximum atomic E-state index is 12.5. The van der Waals surface area contributed by atoms with Crippen LogP contribution in [0.3, 0.4) is 0 Å². The van der Waals surface area contributed by atoms with E-state index in [1.807, 2.05) is 17.0 Å². The van der Waals surface area contributed by atoms with Crippen LogP contribution in [0.5, 0.6) is 0 Å². The standard InChI is InChI=1S/C16H24N4O2/c1-13-4-3-7-20(12-13)16(21)18-14-5-2-6-17-15(14)19-8-10-22-11-9-19/h2,5-6,13H,3-4,7-12H2,1H3,(H,18,21). The van der Waals surface area contributed by atoms with Crippen molar-refractivity contribution in [1.82, 2.24) is 9.88 Å². The minimum atomic E-state index is -0.0194. The molecule has 1 N–H and O–H groups in total. The lowest BCUT2D eigenvalue weighted by atomic mass is 10.0. The zero-order valence-corrected chi connectivity index (χ0v) is 13.1. The summed E-state index contributed by atoms with van der Waals surface area (Å²) >= 11 is 0. The molecule has 0 bridgehead atoms. The maximum absolute atomic E-state index is 12.5. The number of nitrogens with zero attached hydrogens (tertiary/aromatic N) is 3. The summed E-state index contributed by atoms with van der Waals surface area (Å²) < 4.78 is 5.38. The SMILES string of the molecule is CC1CCCN(C(=O)Nc2cccnc2N2CCOCC2)C1. The second-order valence-corrected chi connectivity index (χ2v) is 6.10. The van der Waals surface area contributed by atoms with Gasteiger partial charge in [-0.2, -0.15) is 0 Å². The van der Waals surface area contributed by atoms with Gasteiger partial charge < -0.3 is 19.9 Å². The molecule has 2 amide bonds. The normalized spacial score (nSPS) is 22.5. The van der Waals surface area contributed by atoms with Crippen LogP contribution < -0.4 is 10.2 Å². The molecule has 1 aromatic rings. The fourth-order valence-corrected chi connectivity index (χ4v) is 3.09. The topological polar surface area (TPSA) is 57.7 Å². The molecule has 120 valence electrons. The molecule has 0 aliphatic carbocycles. The molecule has 6 nitrogen and oxygen atoms in total. The Balaban J connectivity index is 1.70. The highest BCUT2D eigenvalue weighted by molar-refractivity contribution is 5.92. The molecule has 2 aliphatic heterocycles. The molecule has 2 aliphatic rings. The van der Waals surface area contributed by atoms with Gasteiger partial charge in [-0.3, -0.25) is 0 Å². The van der Waals surface area contributed by atoms with Crippen molar-refractivity contribution in [3.05, 3.63) is 18.3 Å². The Kier molecular flexibility index (Phi) is 4.77. The van der Waals surface area contributed by atoms with Crippen molar-refractivity contribution in [2.24, 2.45) is 5.92 Å². The van der Waals surface area contributed by atoms with Crippen LogP contribution in [0, 0.1) is 5.92 Å². The predicted octanol–water partition coefficient (Wildman–Crippen LogP) is 2.18. The molecule has 1 aromatic heterocycles. The number of hydrogen-bond acceptors (Lipinski definition) is 4. The molecule has 22 heavy (non-hydrogen) atoms. The van der Waals surface area contributed by atoms with Gasteiger partial charge in [0.2, 0.25) is 0 Å². The van der Waals surface area contributed by atoms with E-state index in [1.165, 1.54) is 6.42 Å². The van der Waals surface area contributed by atoms with E-state index < -0.39 is 0 Å². The van der Waals surface area contributed by atoms with Gasteiger partial charge in [0.05, 0.1) is 18.9 Å². The number of hydrogen-bond donors (Lipinski definition) is 1. The number of likely N-dealkylation sites (tertiary alicyclic amines) is 1. The molecule has 3 heterocycles. The molecule has 3 rings (SSSR count). The second kappa shape index (κ2) is 6.96. The highest BCUT2D eigenvalue weighted by Crippen LogP contribution is 2.24. The Morgan fingerprint density at radius 1 is 1.36 bits per heavy atom. The van der Waals surface area contributed by atoms with Gasteiger partial charge >= 0.3 is 6.03 Å². The van der Waals surface area contributed by atoms with Crippen LogP contribution in [0.1, 0.15) is 19.8 Å². The third-order valence-electron chi connectivity index (χ3n) is 4.28. The molecule has 2 fully saturated rings. The van der Waals surface area contributed by atoms with E-state index in [1.54, 1.807) is 6.20 Å². The van der Waals surface area contributed by atoms with Crippen LogP contribution in [0.15, 0.2) is 18.3 Å². The zero-order chi connectivity index (χ0) is 15.4. The lowest BCUT2D eigenvalue weighted by Gasteiger charge is -2.32. The number of rotatable bonds is 2. The maximum Gasteiger partial charge on any atom is 0.321 e. The minimum Gasteiger partial charge on any atom is -0.378 e. The van der Waals surface area contributed by atoms with E-state index in [0.29, 0.717) is 19.1 Å². The second-order valence-electron chi connectivity index (χ2n) is 6.10. The van der Waals surface area contributed by atoms with Gasteiger partial charge in [0.1, 0.15) is 0 Å². The van der Waals surface area contributed by atoms with Crippen LogP contribution in [0.25, 0.3) is 0 Å². The number of pyridine rings is 1. The monoisotopic (exact) mass is 304 g/mol. The van der Waals surface area contributed by atoms with E-state index in [9.17, 15) is 4.79 Å². The molecule has 0 spiro atoms. The van der Waals surface area contributed by atoms with Crippen molar-refractivity contribution in [3.8, 4) is 0 Å². The van der Waals surface area contributed by atoms with Crippen LogP contribution in [-0.4, -0.2) is 55.3 Å². The van der Waals surface area contributed by atoms with E-state index >= 15 is 0 Å². The Hall–Kier alpha value is -1.82. The van der Waals surface area contributed by atoms with Gasteiger partial charge in [0.15, 0.2) is 5.82 Å². The lowest BCUT2D eigenvalue weighted by Crippen LogP contribution is -2.42. The van der Waals surface area contributed by atoms with Gasteiger partial charge in [-0.1, -0.05) is 6.92 Å². The molecule has 1 atom stereocenters. The van der Waals surface area contributed by atoms with E-state index in [2.05, 4.69) is 22.1 Å². The first-order chi connectivity index (χ1) is 10.7. The Morgan fingerprint density at radius 3 is 2.95 bits per heavy atom. The van der Waals surface area contributed by atoms with Crippen LogP contribution >= 0.6 is 0 Å². The van der Waals surface area contributed by atoms with Gasteiger partial charge in [-0.25, -0.2) is 9.78 Å². The number of piperidine rings is 1. The number of urea groups is 1. The zero-order valence-electron chi connectivity index (χ0n) is 13.1. The summed E-state index contributed by atoms with van der Waals surface area (Å²) in [5.74, 6) is 1.41. The van der Waals surface area contributed by atoms with Crippen molar-refractivity contribution < 1.29 is 9.53 Å². The third-order valence-corrected chi connectivity index (χ3v) is 4.28. The quantitative estimate of drug-likeness (QED) is 0.910. The molecule has 0 aromatic carbocycles. The molecule has 2 saturated heterocycles. The third kappa shape index (κ3) is 3.50. The Morgan fingerprint density at radius 2 is 2.18 bits per heavy atom. The first kappa shape index (κ1) is 15.1. The largest absolute Gasteiger partial charge is 0.378 e. The number of ether oxygens (including phenoxy) is 1. The average Bonchev–Trinajstić information content (AvgIpc) is 2.56. The van der Waals surface area contributed by atoms with Crippen LogP contribution in [0.4, 0.5) is 16.3 Å². The first-order valence-electron chi connectivity index (χ1n) is 8.07. The number of carbonyl (C=O) groups excluding carboxylic acids is 1. The van der Waals surface area contributed by atoms with Crippen molar-refractivity contribution in [1.29, 1.82) is 0 Å². The number of morpholine rings is 1. The molecule has 0 saturated carbocycles. The number of anilines is 2. The fraction of sp³-hybridized carbons (Fsp3) is 0.625. The summed E-state index contributed by atoms with van der Waals surface area (Å²) in [6.07, 6.45) is 4.05. The predicted molar refractivity (Wildman–Crippen MR) is 86.3 cm³/mol. The summed E-state index contributed by atoms with van der Waals surface area (Å²) in [6.45, 7) is 6.88. The smallest absolute Gasteiger partial charge is 0.321 e. The summed E-state index contributed by atoms with van der Waals surface area (Å²) in [5, 5.41) is 3.04. The minimum absolute atomic E-state index is 0.0194. The van der Waals surface area contributed by atoms with E-state index in [-0.39, 0.29) is 6.03 Å². The summed E-state index contributed by atoms with van der Waals surface area (Å²) in [5.41, 5.74) is 0.785. The average molecular weight is 304 g/mol. The Labute approximate surface area is 131 Å². The van der Waals surface area contributed by atoms with Crippen molar-refractivity contribution in [3.63, 3.8) is 0 Å². The number of nitrogens with one attached hydrogen (secondary N) is 1. The number of aromatic nitrogens is 1. The molecular formula is C16H24N4O2. The summed E-state index contributed by atoms with van der Waals surface area (Å²) in [7, 11) is 0. The summed E-state index contributed by atoms with van der Waals surface area (Å²) in [6, 6.07) is 3.76. The van der Waals surface area contributed by atoms with Crippen LogP contribution in [0.2, 0.25) is 0 Å². The van der Waals surface area contributed by atoms with Gasteiger partial charge in [0, 0.05) is 32.4 Å². The van der Waals surface area contributed by atoms with Gasteiger partial charge in [-0.15, -0.1) is 0 Å². The fourth-order valence-electron chi connectivity index (χ4n) is 3.09. The van der Waals surface area contributed by atoms with Gasteiger partial charge in [0.25, 0.3) is 0 Å². The van der Waals surface area contributed by atoms with Crippen molar-refractivity contribution in [2.75, 3.05) is 49.6 Å². The highest BCUT2D eigenvalue weighted by Gasteiger charge is 2.23. The lowest BCUT2D eigenvalue weighted by molar-refractivity contribution is 0.122. The number of carbonyl (C=O) groups is 1. The molecule has 6 heteroatoms. The Bertz CT molecular complexity index is 517. The van der Waals surface area contributed by atoms with E-state index in [0.717, 1.165) is 44.1 Å². The van der Waals surface area contributed by atoms with Gasteiger partial charge in [-0.05, 0) is 30.9 Å². The van der Waals surface area contributed by atoms with Crippen molar-refractivity contribution in [2.45, 2.75) is 19.8 Å². The molecule has 0 radical (unpaired) electrons. The molecule has 1 unspecified atom stereocenters. The summed E-state index contributed by atoms with van der Waals surface area (Å²) in [4.78, 5) is 21.0. The molecular weight excluding hydrogens is 280 g/mol. The van der Waals surface area contributed by atoms with E-state index in [4.69, 9.17) is 4.74 Å². The first-order valence-corrected chi connectivity index (χ1v) is 8.07.